The molecular formula is C10H13NO. The largest absolute Gasteiger partial charge is 0.342 e. The third-order valence-corrected chi connectivity index (χ3v) is 1.68. The van der Waals surface area contributed by atoms with Gasteiger partial charge in [-0.25, -0.2) is 0 Å². The summed E-state index contributed by atoms with van der Waals surface area (Å²) in [5.74, 6) is 0. The van der Waals surface area contributed by atoms with Crippen molar-refractivity contribution in [3.05, 3.63) is 35.7 Å². The minimum atomic E-state index is 0.729. The predicted molar refractivity (Wildman–Crippen MR) is 49.3 cm³/mol. The Kier molecular flexibility index (Phi) is 2.86. The average molecular weight is 163 g/mol. The van der Waals surface area contributed by atoms with E-state index in [1.807, 2.05) is 36.7 Å². The number of nitrogens with zero attached hydrogens (tertiary/aromatic N) is 1. The summed E-state index contributed by atoms with van der Waals surface area (Å²) in [6, 6.07) is 3.69. The first kappa shape index (κ1) is 8.78. The molecule has 0 N–H and O–H groups in total. The van der Waals surface area contributed by atoms with Crippen LogP contribution in [0.5, 0.6) is 0 Å². The van der Waals surface area contributed by atoms with Gasteiger partial charge in [-0.05, 0) is 26.0 Å². The molecule has 0 fully saturated rings. The van der Waals surface area contributed by atoms with E-state index in [1.165, 1.54) is 5.57 Å². The van der Waals surface area contributed by atoms with Gasteiger partial charge < -0.3 is 4.57 Å². The van der Waals surface area contributed by atoms with Crippen LogP contribution in [-0.2, 0) is 6.54 Å². The van der Waals surface area contributed by atoms with Crippen molar-refractivity contribution in [2.45, 2.75) is 20.4 Å². The first-order valence-corrected chi connectivity index (χ1v) is 3.97. The van der Waals surface area contributed by atoms with Crippen LogP contribution in [0.15, 0.2) is 30.0 Å². The zero-order chi connectivity index (χ0) is 8.97. The van der Waals surface area contributed by atoms with E-state index in [9.17, 15) is 4.79 Å². The van der Waals surface area contributed by atoms with Crippen molar-refractivity contribution in [2.24, 2.45) is 0 Å². The zero-order valence-electron chi connectivity index (χ0n) is 7.45. The second-order valence-electron chi connectivity index (χ2n) is 2.98. The molecule has 1 rings (SSSR count). The third kappa shape index (κ3) is 2.09. The highest BCUT2D eigenvalue weighted by Gasteiger charge is 1.95. The number of rotatable bonds is 3. The normalized spacial score (nSPS) is 9.50. The highest BCUT2D eigenvalue weighted by Crippen LogP contribution is 2.00. The van der Waals surface area contributed by atoms with Crippen LogP contribution in [0, 0.1) is 0 Å². The molecule has 0 saturated heterocycles. The van der Waals surface area contributed by atoms with Crippen molar-refractivity contribution in [3.8, 4) is 0 Å². The Balaban J connectivity index is 2.75. The van der Waals surface area contributed by atoms with Gasteiger partial charge in [-0.1, -0.05) is 11.6 Å². The highest BCUT2D eigenvalue weighted by atomic mass is 16.1. The summed E-state index contributed by atoms with van der Waals surface area (Å²) in [5.41, 5.74) is 1.99. The standard InChI is InChI=1S/C10H13NO/c1-9(2)5-7-11-6-3-4-10(11)8-12/h3-6,8H,7H2,1-2H3. The van der Waals surface area contributed by atoms with Crippen LogP contribution in [-0.4, -0.2) is 10.9 Å². The van der Waals surface area contributed by atoms with Crippen molar-refractivity contribution in [3.63, 3.8) is 0 Å². The van der Waals surface area contributed by atoms with E-state index in [2.05, 4.69) is 6.08 Å². The van der Waals surface area contributed by atoms with Gasteiger partial charge in [0.15, 0.2) is 6.29 Å². The second kappa shape index (κ2) is 3.90. The van der Waals surface area contributed by atoms with Crippen molar-refractivity contribution < 1.29 is 4.79 Å². The predicted octanol–water partition coefficient (Wildman–Crippen LogP) is 2.27. The van der Waals surface area contributed by atoms with Crippen molar-refractivity contribution in [2.75, 3.05) is 0 Å². The van der Waals surface area contributed by atoms with E-state index < -0.39 is 0 Å². The average Bonchev–Trinajstić information content (AvgIpc) is 2.47. The van der Waals surface area contributed by atoms with E-state index in [0.29, 0.717) is 0 Å². The van der Waals surface area contributed by atoms with E-state index in [1.54, 1.807) is 0 Å². The Morgan fingerprint density at radius 3 is 2.92 bits per heavy atom. The lowest BCUT2D eigenvalue weighted by Crippen LogP contribution is -1.98. The number of allylic oxidation sites excluding steroid dienone is 2. The molecular weight excluding hydrogens is 150 g/mol. The van der Waals surface area contributed by atoms with Gasteiger partial charge in [0, 0.05) is 12.7 Å². The lowest BCUT2D eigenvalue weighted by molar-refractivity contribution is 0.111. The summed E-state index contributed by atoms with van der Waals surface area (Å²) in [5, 5.41) is 0. The first-order valence-electron chi connectivity index (χ1n) is 3.97. The molecule has 0 aliphatic carbocycles. The van der Waals surface area contributed by atoms with Gasteiger partial charge >= 0.3 is 0 Å². The van der Waals surface area contributed by atoms with Crippen LogP contribution < -0.4 is 0 Å². The topological polar surface area (TPSA) is 22.0 Å². The van der Waals surface area contributed by atoms with Gasteiger partial charge in [0.1, 0.15) is 0 Å². The lowest BCUT2D eigenvalue weighted by Gasteiger charge is -2.00. The van der Waals surface area contributed by atoms with Gasteiger partial charge in [-0.15, -0.1) is 0 Å². The first-order chi connectivity index (χ1) is 5.74. The van der Waals surface area contributed by atoms with Gasteiger partial charge in [-0.2, -0.15) is 0 Å². The van der Waals surface area contributed by atoms with Crippen LogP contribution in [0.25, 0.3) is 0 Å². The molecule has 0 amide bonds. The summed E-state index contributed by atoms with van der Waals surface area (Å²) in [7, 11) is 0. The summed E-state index contributed by atoms with van der Waals surface area (Å²) >= 11 is 0. The lowest BCUT2D eigenvalue weighted by atomic mass is 10.3. The van der Waals surface area contributed by atoms with Crippen LogP contribution in [0.1, 0.15) is 24.3 Å². The van der Waals surface area contributed by atoms with E-state index in [0.717, 1.165) is 18.5 Å². The molecule has 0 aliphatic heterocycles. The third-order valence-electron chi connectivity index (χ3n) is 1.68. The second-order valence-corrected chi connectivity index (χ2v) is 2.98. The Morgan fingerprint density at radius 1 is 1.58 bits per heavy atom. The van der Waals surface area contributed by atoms with E-state index in [4.69, 9.17) is 0 Å². The number of hydrogen-bond acceptors (Lipinski definition) is 1. The maximum absolute atomic E-state index is 10.5. The molecule has 1 aromatic rings. The number of aromatic nitrogens is 1. The zero-order valence-corrected chi connectivity index (χ0v) is 7.45. The Labute approximate surface area is 72.5 Å². The molecule has 0 spiro atoms. The fraction of sp³-hybridized carbons (Fsp3) is 0.300. The molecule has 12 heavy (non-hydrogen) atoms. The monoisotopic (exact) mass is 163 g/mol. The fourth-order valence-electron chi connectivity index (χ4n) is 0.981. The summed E-state index contributed by atoms with van der Waals surface area (Å²) in [4.78, 5) is 10.5. The van der Waals surface area contributed by atoms with Crippen LogP contribution in [0.2, 0.25) is 0 Å². The molecule has 0 saturated carbocycles. The SMILES string of the molecule is CC(C)=CCn1cccc1C=O. The molecule has 0 atom stereocenters. The number of carbonyl (C=O) groups excluding carboxylic acids is 1. The maximum Gasteiger partial charge on any atom is 0.166 e. The Morgan fingerprint density at radius 2 is 2.33 bits per heavy atom. The van der Waals surface area contributed by atoms with Gasteiger partial charge in [0.2, 0.25) is 0 Å². The number of hydrogen-bond donors (Lipinski definition) is 0. The molecule has 2 nitrogen and oxygen atoms in total. The molecule has 0 bridgehead atoms. The smallest absolute Gasteiger partial charge is 0.166 e. The van der Waals surface area contributed by atoms with E-state index >= 15 is 0 Å². The van der Waals surface area contributed by atoms with Crippen molar-refractivity contribution in [1.29, 1.82) is 0 Å². The minimum absolute atomic E-state index is 0.729. The molecule has 1 heterocycles. The molecule has 0 unspecified atom stereocenters. The highest BCUT2D eigenvalue weighted by molar-refractivity contribution is 5.72. The van der Waals surface area contributed by atoms with Crippen molar-refractivity contribution in [1.82, 2.24) is 4.57 Å². The van der Waals surface area contributed by atoms with E-state index in [-0.39, 0.29) is 0 Å². The molecule has 0 aliphatic rings. The quantitative estimate of drug-likeness (QED) is 0.495. The minimum Gasteiger partial charge on any atom is -0.342 e. The van der Waals surface area contributed by atoms with Crippen LogP contribution in [0.4, 0.5) is 0 Å². The molecule has 2 heteroatoms. The maximum atomic E-state index is 10.5. The van der Waals surface area contributed by atoms with Gasteiger partial charge in [0.05, 0.1) is 5.69 Å². The Hall–Kier alpha value is -1.31. The summed E-state index contributed by atoms with van der Waals surface area (Å²) in [6.45, 7) is 4.87. The summed E-state index contributed by atoms with van der Waals surface area (Å²) < 4.78 is 1.92. The van der Waals surface area contributed by atoms with Crippen molar-refractivity contribution >= 4 is 6.29 Å². The molecule has 0 aromatic carbocycles. The van der Waals surface area contributed by atoms with Crippen LogP contribution >= 0.6 is 0 Å². The molecule has 1 aromatic heterocycles. The molecule has 0 radical (unpaired) electrons. The fourth-order valence-corrected chi connectivity index (χ4v) is 0.981. The summed E-state index contributed by atoms with van der Waals surface area (Å²) in [6.07, 6.45) is 4.87. The van der Waals surface area contributed by atoms with Gasteiger partial charge in [-0.3, -0.25) is 4.79 Å². The van der Waals surface area contributed by atoms with Gasteiger partial charge in [0.25, 0.3) is 0 Å². The Bertz CT molecular complexity index is 293. The number of carbonyl (C=O) groups is 1. The molecule has 64 valence electrons. The van der Waals surface area contributed by atoms with Crippen LogP contribution in [0.3, 0.4) is 0 Å². The number of aldehydes is 1.